The lowest BCUT2D eigenvalue weighted by atomic mass is 10.1. The SMILES string of the molecule is Cc1cc(C#N)ccc1CS(=O)(=O)Cc1ccccc1Cl. The molecular weight excluding hydrogens is 306 g/mol. The van der Waals surface area contributed by atoms with E-state index in [1.807, 2.05) is 6.07 Å². The minimum Gasteiger partial charge on any atom is -0.228 e. The molecule has 0 aliphatic rings. The van der Waals surface area contributed by atoms with Crippen LogP contribution in [-0.2, 0) is 21.3 Å². The molecular formula is C16H14ClNO2S. The molecule has 0 unspecified atom stereocenters. The van der Waals surface area contributed by atoms with Crippen molar-refractivity contribution < 1.29 is 8.42 Å². The molecule has 0 bridgehead atoms. The van der Waals surface area contributed by atoms with Crippen molar-refractivity contribution in [1.82, 2.24) is 0 Å². The third-order valence-corrected chi connectivity index (χ3v) is 5.05. The van der Waals surface area contributed by atoms with Gasteiger partial charge >= 0.3 is 0 Å². The molecule has 0 N–H and O–H groups in total. The van der Waals surface area contributed by atoms with E-state index in [4.69, 9.17) is 16.9 Å². The van der Waals surface area contributed by atoms with E-state index in [0.29, 0.717) is 21.7 Å². The van der Waals surface area contributed by atoms with Crippen LogP contribution in [-0.4, -0.2) is 8.42 Å². The second kappa shape index (κ2) is 6.30. The molecule has 0 saturated heterocycles. The van der Waals surface area contributed by atoms with Crippen molar-refractivity contribution in [2.75, 3.05) is 0 Å². The maximum absolute atomic E-state index is 12.3. The highest BCUT2D eigenvalue weighted by Gasteiger charge is 2.16. The van der Waals surface area contributed by atoms with E-state index in [-0.39, 0.29) is 11.5 Å². The minimum atomic E-state index is -3.32. The summed E-state index contributed by atoms with van der Waals surface area (Å²) < 4.78 is 24.6. The normalized spacial score (nSPS) is 11.1. The fraction of sp³-hybridized carbons (Fsp3) is 0.188. The Kier molecular flexibility index (Phi) is 4.66. The topological polar surface area (TPSA) is 57.9 Å². The third kappa shape index (κ3) is 4.07. The van der Waals surface area contributed by atoms with Gasteiger partial charge in [0.05, 0.1) is 23.1 Å². The summed E-state index contributed by atoms with van der Waals surface area (Å²) in [5.74, 6) is -0.151. The van der Waals surface area contributed by atoms with Crippen LogP contribution in [0.2, 0.25) is 5.02 Å². The smallest absolute Gasteiger partial charge is 0.158 e. The molecule has 2 aromatic carbocycles. The molecule has 0 aliphatic carbocycles. The van der Waals surface area contributed by atoms with Crippen molar-refractivity contribution >= 4 is 21.4 Å². The summed E-state index contributed by atoms with van der Waals surface area (Å²) in [5.41, 5.74) is 2.64. The molecule has 0 aliphatic heterocycles. The third-order valence-electron chi connectivity index (χ3n) is 3.18. The molecule has 0 radical (unpaired) electrons. The highest BCUT2D eigenvalue weighted by atomic mass is 35.5. The Morgan fingerprint density at radius 2 is 1.76 bits per heavy atom. The van der Waals surface area contributed by atoms with E-state index in [2.05, 4.69) is 0 Å². The van der Waals surface area contributed by atoms with Crippen LogP contribution < -0.4 is 0 Å². The number of hydrogen-bond acceptors (Lipinski definition) is 3. The standard InChI is InChI=1S/C16H14ClNO2S/c1-12-8-13(9-18)6-7-14(12)10-21(19,20)11-15-4-2-3-5-16(15)17/h2-8H,10-11H2,1H3. The zero-order chi connectivity index (χ0) is 15.5. The summed E-state index contributed by atoms with van der Waals surface area (Å²) in [7, 11) is -3.32. The Hall–Kier alpha value is -1.83. The minimum absolute atomic E-state index is 0.0598. The first-order valence-electron chi connectivity index (χ1n) is 6.35. The predicted octanol–water partition coefficient (Wildman–Crippen LogP) is 3.64. The van der Waals surface area contributed by atoms with E-state index < -0.39 is 9.84 Å². The quantitative estimate of drug-likeness (QED) is 0.864. The highest BCUT2D eigenvalue weighted by molar-refractivity contribution is 7.89. The summed E-state index contributed by atoms with van der Waals surface area (Å²) in [6.45, 7) is 1.81. The summed E-state index contributed by atoms with van der Waals surface area (Å²) >= 11 is 6.00. The van der Waals surface area contributed by atoms with Crippen LogP contribution in [0.15, 0.2) is 42.5 Å². The van der Waals surface area contributed by atoms with Crippen LogP contribution in [0.25, 0.3) is 0 Å². The summed E-state index contributed by atoms with van der Waals surface area (Å²) in [6, 6.07) is 14.0. The van der Waals surface area contributed by atoms with Crippen LogP contribution >= 0.6 is 11.6 Å². The number of sulfone groups is 1. The van der Waals surface area contributed by atoms with Crippen molar-refractivity contribution in [3.05, 3.63) is 69.7 Å². The van der Waals surface area contributed by atoms with Crippen LogP contribution in [0.3, 0.4) is 0 Å². The van der Waals surface area contributed by atoms with Crippen LogP contribution in [0, 0.1) is 18.3 Å². The number of rotatable bonds is 4. The van der Waals surface area contributed by atoms with Gasteiger partial charge in [0.2, 0.25) is 0 Å². The Bertz CT molecular complexity index is 807. The van der Waals surface area contributed by atoms with Gasteiger partial charge in [-0.25, -0.2) is 8.42 Å². The lowest BCUT2D eigenvalue weighted by Gasteiger charge is -2.09. The highest BCUT2D eigenvalue weighted by Crippen LogP contribution is 2.21. The number of nitrogens with zero attached hydrogens (tertiary/aromatic N) is 1. The molecule has 0 atom stereocenters. The van der Waals surface area contributed by atoms with Crippen molar-refractivity contribution in [2.45, 2.75) is 18.4 Å². The maximum Gasteiger partial charge on any atom is 0.158 e. The number of aryl methyl sites for hydroxylation is 1. The van der Waals surface area contributed by atoms with Gasteiger partial charge in [-0.05, 0) is 41.8 Å². The second-order valence-corrected chi connectivity index (χ2v) is 7.35. The van der Waals surface area contributed by atoms with Crippen LogP contribution in [0.4, 0.5) is 0 Å². The number of benzene rings is 2. The average Bonchev–Trinajstić information content (AvgIpc) is 2.43. The lowest BCUT2D eigenvalue weighted by molar-refractivity contribution is 0.594. The van der Waals surface area contributed by atoms with Crippen molar-refractivity contribution in [1.29, 1.82) is 5.26 Å². The molecule has 108 valence electrons. The average molecular weight is 320 g/mol. The zero-order valence-electron chi connectivity index (χ0n) is 11.5. The van der Waals surface area contributed by atoms with Gasteiger partial charge in [0.1, 0.15) is 0 Å². The lowest BCUT2D eigenvalue weighted by Crippen LogP contribution is -2.09. The summed E-state index contributed by atoms with van der Waals surface area (Å²) in [5, 5.41) is 9.28. The molecule has 21 heavy (non-hydrogen) atoms. The molecule has 5 heteroatoms. The number of nitriles is 1. The van der Waals surface area contributed by atoms with Crippen molar-refractivity contribution in [3.63, 3.8) is 0 Å². The Morgan fingerprint density at radius 3 is 2.38 bits per heavy atom. The van der Waals surface area contributed by atoms with Crippen molar-refractivity contribution in [3.8, 4) is 6.07 Å². The largest absolute Gasteiger partial charge is 0.228 e. The van der Waals surface area contributed by atoms with E-state index >= 15 is 0 Å². The van der Waals surface area contributed by atoms with E-state index in [1.54, 1.807) is 49.4 Å². The molecule has 0 aromatic heterocycles. The first-order valence-corrected chi connectivity index (χ1v) is 8.55. The van der Waals surface area contributed by atoms with Gasteiger partial charge in [-0.3, -0.25) is 0 Å². The van der Waals surface area contributed by atoms with Gasteiger partial charge in [-0.15, -0.1) is 0 Å². The van der Waals surface area contributed by atoms with Gasteiger partial charge < -0.3 is 0 Å². The molecule has 3 nitrogen and oxygen atoms in total. The number of hydrogen-bond donors (Lipinski definition) is 0. The first kappa shape index (κ1) is 15.6. The molecule has 2 rings (SSSR count). The fourth-order valence-corrected chi connectivity index (χ4v) is 3.97. The molecule has 0 spiro atoms. The Morgan fingerprint density at radius 1 is 1.10 bits per heavy atom. The van der Waals surface area contributed by atoms with E-state index in [1.165, 1.54) is 0 Å². The molecule has 0 heterocycles. The zero-order valence-corrected chi connectivity index (χ0v) is 13.1. The van der Waals surface area contributed by atoms with Gasteiger partial charge in [0.15, 0.2) is 9.84 Å². The van der Waals surface area contributed by atoms with Crippen molar-refractivity contribution in [2.24, 2.45) is 0 Å². The maximum atomic E-state index is 12.3. The number of halogens is 1. The van der Waals surface area contributed by atoms with Crippen LogP contribution in [0.5, 0.6) is 0 Å². The van der Waals surface area contributed by atoms with Gasteiger partial charge in [0, 0.05) is 5.02 Å². The summed E-state index contributed by atoms with van der Waals surface area (Å²) in [4.78, 5) is 0. The monoisotopic (exact) mass is 319 g/mol. The summed E-state index contributed by atoms with van der Waals surface area (Å²) in [6.07, 6.45) is 0. The van der Waals surface area contributed by atoms with Crippen LogP contribution in [0.1, 0.15) is 22.3 Å². The Balaban J connectivity index is 2.23. The van der Waals surface area contributed by atoms with Gasteiger partial charge in [-0.2, -0.15) is 5.26 Å². The van der Waals surface area contributed by atoms with Gasteiger partial charge in [0.25, 0.3) is 0 Å². The van der Waals surface area contributed by atoms with E-state index in [9.17, 15) is 8.42 Å². The molecule has 2 aromatic rings. The van der Waals surface area contributed by atoms with Gasteiger partial charge in [-0.1, -0.05) is 35.9 Å². The predicted molar refractivity (Wildman–Crippen MR) is 83.7 cm³/mol. The fourth-order valence-electron chi connectivity index (χ4n) is 2.07. The first-order chi connectivity index (χ1) is 9.91. The second-order valence-electron chi connectivity index (χ2n) is 4.88. The van der Waals surface area contributed by atoms with E-state index in [0.717, 1.165) is 5.56 Å². The molecule has 0 fully saturated rings. The molecule has 0 saturated carbocycles. The molecule has 0 amide bonds. The Labute approximate surface area is 129 Å².